The van der Waals surface area contributed by atoms with E-state index in [9.17, 15) is 9.90 Å². The molecule has 1 saturated heterocycles. The van der Waals surface area contributed by atoms with Gasteiger partial charge in [-0.3, -0.25) is 4.90 Å². The SMILES string of the molecule is CCC(CCCCCN1CCN(c2ccccc2OC)CC1)C(=O)[O-].Cl.Cl. The molecule has 1 atom stereocenters. The summed E-state index contributed by atoms with van der Waals surface area (Å²) in [4.78, 5) is 15.8. The first kappa shape index (κ1) is 25.8. The number of methoxy groups -OCH3 is 1. The number of carbonyl (C=O) groups is 1. The topological polar surface area (TPSA) is 55.8 Å². The Balaban J connectivity index is 0.00000338. The van der Waals surface area contributed by atoms with Gasteiger partial charge in [0.05, 0.1) is 12.8 Å². The Bertz CT molecular complexity index is 538. The largest absolute Gasteiger partial charge is 0.550 e. The molecule has 1 aromatic rings. The maximum absolute atomic E-state index is 10.9. The van der Waals surface area contributed by atoms with E-state index in [-0.39, 0.29) is 30.7 Å². The molecular formula is C20H33Cl2N2O3-. The molecular weight excluding hydrogens is 387 g/mol. The number of piperazine rings is 1. The molecule has 7 heteroatoms. The lowest BCUT2D eigenvalue weighted by atomic mass is 9.99. The molecule has 0 radical (unpaired) electrons. The van der Waals surface area contributed by atoms with Gasteiger partial charge in [0.15, 0.2) is 0 Å². The Kier molecular flexibility index (Phi) is 13.3. The van der Waals surface area contributed by atoms with E-state index in [0.717, 1.165) is 64.2 Å². The predicted molar refractivity (Wildman–Crippen MR) is 113 cm³/mol. The quantitative estimate of drug-likeness (QED) is 0.545. The summed E-state index contributed by atoms with van der Waals surface area (Å²) in [6, 6.07) is 8.19. The summed E-state index contributed by atoms with van der Waals surface area (Å²) in [5, 5.41) is 10.9. The van der Waals surface area contributed by atoms with E-state index in [1.165, 1.54) is 5.69 Å². The molecule has 0 N–H and O–H groups in total. The lowest BCUT2D eigenvalue weighted by Gasteiger charge is -2.36. The van der Waals surface area contributed by atoms with E-state index in [4.69, 9.17) is 4.74 Å². The lowest BCUT2D eigenvalue weighted by Crippen LogP contribution is -2.46. The Morgan fingerprint density at radius 1 is 1.11 bits per heavy atom. The summed E-state index contributed by atoms with van der Waals surface area (Å²) in [6.07, 6.45) is 4.63. The maximum atomic E-state index is 10.9. The van der Waals surface area contributed by atoms with Gasteiger partial charge in [-0.2, -0.15) is 0 Å². The van der Waals surface area contributed by atoms with Gasteiger partial charge in [0, 0.05) is 32.1 Å². The van der Waals surface area contributed by atoms with E-state index in [0.29, 0.717) is 6.42 Å². The molecule has 0 saturated carbocycles. The van der Waals surface area contributed by atoms with Gasteiger partial charge in [0.1, 0.15) is 5.75 Å². The van der Waals surface area contributed by atoms with Gasteiger partial charge in [-0.1, -0.05) is 31.9 Å². The summed E-state index contributed by atoms with van der Waals surface area (Å²) >= 11 is 0. The Morgan fingerprint density at radius 3 is 2.37 bits per heavy atom. The van der Waals surface area contributed by atoms with Gasteiger partial charge in [-0.15, -0.1) is 24.8 Å². The fourth-order valence-electron chi connectivity index (χ4n) is 3.49. The third kappa shape index (κ3) is 8.16. The third-order valence-corrected chi connectivity index (χ3v) is 5.15. The highest BCUT2D eigenvalue weighted by Crippen LogP contribution is 2.28. The second-order valence-corrected chi connectivity index (χ2v) is 6.77. The highest BCUT2D eigenvalue weighted by molar-refractivity contribution is 5.85. The van der Waals surface area contributed by atoms with Crippen molar-refractivity contribution in [3.05, 3.63) is 24.3 Å². The summed E-state index contributed by atoms with van der Waals surface area (Å²) in [5.74, 6) is -0.228. The van der Waals surface area contributed by atoms with Crippen molar-refractivity contribution in [1.29, 1.82) is 0 Å². The van der Waals surface area contributed by atoms with Crippen LogP contribution in [0.15, 0.2) is 24.3 Å². The van der Waals surface area contributed by atoms with Crippen LogP contribution in [0.1, 0.15) is 39.0 Å². The molecule has 2 rings (SSSR count). The number of nitrogens with zero attached hydrogens (tertiary/aromatic N) is 2. The predicted octanol–water partition coefficient (Wildman–Crippen LogP) is 3.00. The van der Waals surface area contributed by atoms with Crippen LogP contribution in [0.25, 0.3) is 0 Å². The van der Waals surface area contributed by atoms with Crippen LogP contribution in [0, 0.1) is 5.92 Å². The van der Waals surface area contributed by atoms with Crippen molar-refractivity contribution in [2.45, 2.75) is 39.0 Å². The van der Waals surface area contributed by atoms with Gasteiger partial charge < -0.3 is 19.5 Å². The van der Waals surface area contributed by atoms with Crippen molar-refractivity contribution in [2.24, 2.45) is 5.92 Å². The Labute approximate surface area is 175 Å². The second kappa shape index (κ2) is 13.9. The minimum atomic E-state index is -0.894. The molecule has 1 fully saturated rings. The molecule has 0 bridgehead atoms. The van der Waals surface area contributed by atoms with E-state index in [1.807, 2.05) is 19.1 Å². The molecule has 27 heavy (non-hydrogen) atoms. The van der Waals surface area contributed by atoms with Crippen LogP contribution in [0.5, 0.6) is 5.75 Å². The second-order valence-electron chi connectivity index (χ2n) is 6.77. The number of para-hydroxylation sites is 2. The normalized spacial score (nSPS) is 15.4. The number of unbranched alkanes of at least 4 members (excludes halogenated alkanes) is 2. The number of rotatable bonds is 10. The molecule has 1 aliphatic heterocycles. The zero-order valence-corrected chi connectivity index (χ0v) is 18.0. The molecule has 0 amide bonds. The van der Waals surface area contributed by atoms with Gasteiger partial charge in [-0.05, 0) is 43.9 Å². The summed E-state index contributed by atoms with van der Waals surface area (Å²) in [6.45, 7) is 7.18. The smallest absolute Gasteiger partial charge is 0.142 e. The highest BCUT2D eigenvalue weighted by atomic mass is 35.5. The van der Waals surface area contributed by atoms with Crippen LogP contribution in [0.2, 0.25) is 0 Å². The zero-order chi connectivity index (χ0) is 18.1. The van der Waals surface area contributed by atoms with Gasteiger partial charge in [0.2, 0.25) is 0 Å². The van der Waals surface area contributed by atoms with Crippen LogP contribution >= 0.6 is 24.8 Å². The number of carboxylic acids is 1. The summed E-state index contributed by atoms with van der Waals surface area (Å²) in [5.41, 5.74) is 1.18. The van der Waals surface area contributed by atoms with Gasteiger partial charge in [-0.25, -0.2) is 0 Å². The molecule has 1 heterocycles. The molecule has 5 nitrogen and oxygen atoms in total. The fourth-order valence-corrected chi connectivity index (χ4v) is 3.49. The molecule has 0 aliphatic carbocycles. The average molecular weight is 420 g/mol. The molecule has 1 unspecified atom stereocenters. The van der Waals surface area contributed by atoms with E-state index in [1.54, 1.807) is 7.11 Å². The first-order valence-corrected chi connectivity index (χ1v) is 9.46. The number of hydrogen-bond acceptors (Lipinski definition) is 5. The lowest BCUT2D eigenvalue weighted by molar-refractivity contribution is -0.311. The van der Waals surface area contributed by atoms with Gasteiger partial charge >= 0.3 is 0 Å². The third-order valence-electron chi connectivity index (χ3n) is 5.15. The van der Waals surface area contributed by atoms with Crippen LogP contribution in [-0.4, -0.2) is 50.7 Å². The van der Waals surface area contributed by atoms with Crippen molar-refractivity contribution < 1.29 is 14.6 Å². The van der Waals surface area contributed by atoms with Crippen molar-refractivity contribution >= 4 is 36.5 Å². The van der Waals surface area contributed by atoms with Crippen molar-refractivity contribution in [1.82, 2.24) is 4.90 Å². The number of anilines is 1. The molecule has 0 spiro atoms. The Morgan fingerprint density at radius 2 is 1.78 bits per heavy atom. The first-order chi connectivity index (χ1) is 12.2. The van der Waals surface area contributed by atoms with Crippen molar-refractivity contribution in [2.75, 3.05) is 44.7 Å². The molecule has 156 valence electrons. The molecule has 1 aliphatic rings. The van der Waals surface area contributed by atoms with Crippen LogP contribution in [0.3, 0.4) is 0 Å². The fraction of sp³-hybridized carbons (Fsp3) is 0.650. The van der Waals surface area contributed by atoms with Crippen molar-refractivity contribution in [3.63, 3.8) is 0 Å². The number of benzene rings is 1. The van der Waals surface area contributed by atoms with Crippen LogP contribution < -0.4 is 14.7 Å². The molecule has 1 aromatic carbocycles. The number of hydrogen-bond donors (Lipinski definition) is 0. The summed E-state index contributed by atoms with van der Waals surface area (Å²) in [7, 11) is 1.72. The maximum Gasteiger partial charge on any atom is 0.142 e. The number of halogens is 2. The van der Waals surface area contributed by atoms with E-state index < -0.39 is 5.97 Å². The number of carboxylic acid groups (broad SMARTS) is 1. The highest BCUT2D eigenvalue weighted by Gasteiger charge is 2.19. The van der Waals surface area contributed by atoms with Gasteiger partial charge in [0.25, 0.3) is 0 Å². The number of ether oxygens (including phenoxy) is 1. The minimum absolute atomic E-state index is 0. The van der Waals surface area contributed by atoms with Crippen LogP contribution in [0.4, 0.5) is 5.69 Å². The monoisotopic (exact) mass is 419 g/mol. The van der Waals surface area contributed by atoms with E-state index in [2.05, 4.69) is 21.9 Å². The number of aliphatic carboxylic acids is 1. The standard InChI is InChI=1S/C20H32N2O3.2ClH/c1-3-17(20(23)24)9-5-4-8-12-21-13-15-22(16-14-21)18-10-6-7-11-19(18)25-2;;/h6-7,10-11,17H,3-5,8-9,12-16H2,1-2H3,(H,23,24);2*1H/p-1. The number of carbonyl (C=O) groups excluding carboxylic acids is 1. The first-order valence-electron chi connectivity index (χ1n) is 9.46. The van der Waals surface area contributed by atoms with E-state index >= 15 is 0 Å². The summed E-state index contributed by atoms with van der Waals surface area (Å²) < 4.78 is 5.46. The van der Waals surface area contributed by atoms with Crippen molar-refractivity contribution in [3.8, 4) is 5.75 Å². The average Bonchev–Trinajstić information content (AvgIpc) is 2.65. The van der Waals surface area contributed by atoms with Crippen LogP contribution in [-0.2, 0) is 4.79 Å². The molecule has 0 aromatic heterocycles. The zero-order valence-electron chi connectivity index (χ0n) is 16.4. The minimum Gasteiger partial charge on any atom is -0.550 e. The Hall–Kier alpha value is -1.17.